The van der Waals surface area contributed by atoms with Gasteiger partial charge in [-0.1, -0.05) is 24.6 Å². The Morgan fingerprint density at radius 3 is 2.64 bits per heavy atom. The molecule has 0 fully saturated rings. The van der Waals surface area contributed by atoms with Gasteiger partial charge in [-0.3, -0.25) is 0 Å². The Hall–Kier alpha value is -0.310. The normalized spacial score (nSPS) is 12.0. The average Bonchev–Trinajstić information content (AvgIpc) is 2.11. The first-order valence-corrected chi connectivity index (χ1v) is 4.71. The Kier molecular flexibility index (Phi) is 6.09. The summed E-state index contributed by atoms with van der Waals surface area (Å²) in [6.07, 6.45) is 1.33. The number of halogens is 3. The summed E-state index contributed by atoms with van der Waals surface area (Å²) < 4.78 is 13.2. The van der Waals surface area contributed by atoms with E-state index >= 15 is 0 Å². The highest BCUT2D eigenvalue weighted by Crippen LogP contribution is 2.20. The van der Waals surface area contributed by atoms with Crippen LogP contribution in [0.15, 0.2) is 18.2 Å². The van der Waals surface area contributed by atoms with Crippen LogP contribution in [0.5, 0.6) is 0 Å². The lowest BCUT2D eigenvalue weighted by atomic mass is 10.0. The second kappa shape index (κ2) is 6.23. The predicted octanol–water partition coefficient (Wildman–Crippen LogP) is 3.18. The van der Waals surface area contributed by atoms with Crippen molar-refractivity contribution in [2.24, 2.45) is 5.73 Å². The summed E-state index contributed by atoms with van der Waals surface area (Å²) in [5.74, 6) is -0.267. The number of hydrogen-bond acceptors (Lipinski definition) is 1. The molecule has 0 spiro atoms. The Bertz CT molecular complexity index is 271. The molecule has 0 aliphatic rings. The maximum absolute atomic E-state index is 13.2. The first kappa shape index (κ1) is 13.7. The fourth-order valence-electron chi connectivity index (χ4n) is 1.13. The van der Waals surface area contributed by atoms with Crippen molar-refractivity contribution in [2.45, 2.75) is 25.8 Å². The third-order valence-electron chi connectivity index (χ3n) is 2.05. The second-order valence-electron chi connectivity index (χ2n) is 3.07. The van der Waals surface area contributed by atoms with E-state index in [0.29, 0.717) is 17.0 Å². The highest BCUT2D eigenvalue weighted by molar-refractivity contribution is 6.31. The minimum atomic E-state index is -0.267. The SMILES string of the molecule is CCC(N)Cc1c(F)cccc1Cl.Cl. The molecular weight excluding hydrogens is 224 g/mol. The maximum Gasteiger partial charge on any atom is 0.127 e. The van der Waals surface area contributed by atoms with Crippen LogP contribution in [0.2, 0.25) is 5.02 Å². The van der Waals surface area contributed by atoms with E-state index in [4.69, 9.17) is 17.3 Å². The van der Waals surface area contributed by atoms with Crippen LogP contribution in [0, 0.1) is 5.82 Å². The zero-order valence-corrected chi connectivity index (χ0v) is 9.54. The highest BCUT2D eigenvalue weighted by atomic mass is 35.5. The van der Waals surface area contributed by atoms with Gasteiger partial charge in [-0.2, -0.15) is 0 Å². The van der Waals surface area contributed by atoms with Gasteiger partial charge in [0.2, 0.25) is 0 Å². The Morgan fingerprint density at radius 1 is 1.50 bits per heavy atom. The monoisotopic (exact) mass is 237 g/mol. The fourth-order valence-corrected chi connectivity index (χ4v) is 1.37. The van der Waals surface area contributed by atoms with Gasteiger partial charge in [-0.25, -0.2) is 4.39 Å². The van der Waals surface area contributed by atoms with E-state index in [2.05, 4.69) is 0 Å². The van der Waals surface area contributed by atoms with E-state index in [1.165, 1.54) is 6.07 Å². The first-order chi connectivity index (χ1) is 6.15. The van der Waals surface area contributed by atoms with Crippen molar-refractivity contribution in [3.8, 4) is 0 Å². The van der Waals surface area contributed by atoms with Crippen molar-refractivity contribution in [1.82, 2.24) is 0 Å². The Labute approximate surface area is 94.9 Å². The van der Waals surface area contributed by atoms with Crippen LogP contribution in [0.4, 0.5) is 4.39 Å². The fraction of sp³-hybridized carbons (Fsp3) is 0.400. The minimum absolute atomic E-state index is 0. The van der Waals surface area contributed by atoms with Crippen LogP contribution in [-0.2, 0) is 6.42 Å². The molecule has 1 unspecified atom stereocenters. The van der Waals surface area contributed by atoms with Crippen LogP contribution >= 0.6 is 24.0 Å². The summed E-state index contributed by atoms with van der Waals surface area (Å²) in [7, 11) is 0. The van der Waals surface area contributed by atoms with E-state index in [-0.39, 0.29) is 24.3 Å². The Morgan fingerprint density at radius 2 is 2.14 bits per heavy atom. The van der Waals surface area contributed by atoms with Crippen molar-refractivity contribution in [3.63, 3.8) is 0 Å². The van der Waals surface area contributed by atoms with Crippen molar-refractivity contribution >= 4 is 24.0 Å². The summed E-state index contributed by atoms with van der Waals surface area (Å²) in [5, 5.41) is 0.462. The molecule has 0 bridgehead atoms. The van der Waals surface area contributed by atoms with Gasteiger partial charge in [-0.05, 0) is 25.0 Å². The number of benzene rings is 1. The highest BCUT2D eigenvalue weighted by Gasteiger charge is 2.09. The zero-order valence-electron chi connectivity index (χ0n) is 7.97. The molecule has 0 amide bonds. The summed E-state index contributed by atoms with van der Waals surface area (Å²) in [5.41, 5.74) is 6.24. The quantitative estimate of drug-likeness (QED) is 0.859. The van der Waals surface area contributed by atoms with Gasteiger partial charge >= 0.3 is 0 Å². The van der Waals surface area contributed by atoms with Crippen LogP contribution in [0.25, 0.3) is 0 Å². The second-order valence-corrected chi connectivity index (χ2v) is 3.48. The molecule has 80 valence electrons. The molecule has 14 heavy (non-hydrogen) atoms. The molecule has 0 radical (unpaired) electrons. The van der Waals surface area contributed by atoms with Gasteiger partial charge in [0.1, 0.15) is 5.82 Å². The maximum atomic E-state index is 13.2. The van der Waals surface area contributed by atoms with Gasteiger partial charge in [-0.15, -0.1) is 12.4 Å². The van der Waals surface area contributed by atoms with Crippen molar-refractivity contribution in [1.29, 1.82) is 0 Å². The number of rotatable bonds is 3. The molecule has 2 N–H and O–H groups in total. The molecule has 0 aromatic heterocycles. The summed E-state index contributed by atoms with van der Waals surface area (Å²) >= 11 is 5.84. The average molecular weight is 238 g/mol. The Balaban J connectivity index is 0.00000169. The lowest BCUT2D eigenvalue weighted by molar-refractivity contribution is 0.579. The topological polar surface area (TPSA) is 26.0 Å². The molecule has 1 nitrogen and oxygen atoms in total. The molecule has 0 heterocycles. The molecule has 0 saturated heterocycles. The van der Waals surface area contributed by atoms with E-state index in [9.17, 15) is 4.39 Å². The predicted molar refractivity (Wildman–Crippen MR) is 60.6 cm³/mol. The summed E-state index contributed by atoms with van der Waals surface area (Å²) in [6.45, 7) is 1.97. The molecular formula is C10H14Cl2FN. The van der Waals surface area contributed by atoms with Crippen molar-refractivity contribution in [2.75, 3.05) is 0 Å². The van der Waals surface area contributed by atoms with Crippen LogP contribution in [0.3, 0.4) is 0 Å². The van der Waals surface area contributed by atoms with Gasteiger partial charge in [0.05, 0.1) is 0 Å². The largest absolute Gasteiger partial charge is 0.327 e. The molecule has 0 aliphatic carbocycles. The lowest BCUT2D eigenvalue weighted by Gasteiger charge is -2.10. The lowest BCUT2D eigenvalue weighted by Crippen LogP contribution is -2.22. The standard InChI is InChI=1S/C10H13ClFN.ClH/c1-2-7(13)6-8-9(11)4-3-5-10(8)12;/h3-5,7H,2,6,13H2,1H3;1H. The zero-order chi connectivity index (χ0) is 9.84. The molecule has 1 aromatic carbocycles. The molecule has 0 saturated carbocycles. The van der Waals surface area contributed by atoms with Gasteiger partial charge in [0.15, 0.2) is 0 Å². The van der Waals surface area contributed by atoms with Crippen molar-refractivity contribution in [3.05, 3.63) is 34.6 Å². The summed E-state index contributed by atoms with van der Waals surface area (Å²) in [6, 6.07) is 4.67. The van der Waals surface area contributed by atoms with E-state index < -0.39 is 0 Å². The molecule has 1 rings (SSSR count). The van der Waals surface area contributed by atoms with E-state index in [1.807, 2.05) is 6.92 Å². The summed E-state index contributed by atoms with van der Waals surface area (Å²) in [4.78, 5) is 0. The van der Waals surface area contributed by atoms with E-state index in [0.717, 1.165) is 6.42 Å². The molecule has 4 heteroatoms. The minimum Gasteiger partial charge on any atom is -0.327 e. The number of nitrogens with two attached hydrogens (primary N) is 1. The molecule has 1 aromatic rings. The number of hydrogen-bond donors (Lipinski definition) is 1. The van der Waals surface area contributed by atoms with Crippen LogP contribution in [0.1, 0.15) is 18.9 Å². The van der Waals surface area contributed by atoms with Gasteiger partial charge in [0.25, 0.3) is 0 Å². The first-order valence-electron chi connectivity index (χ1n) is 4.33. The molecule has 1 atom stereocenters. The molecule has 0 aliphatic heterocycles. The van der Waals surface area contributed by atoms with Crippen LogP contribution < -0.4 is 5.73 Å². The van der Waals surface area contributed by atoms with Crippen LogP contribution in [-0.4, -0.2) is 6.04 Å². The van der Waals surface area contributed by atoms with Gasteiger partial charge in [0, 0.05) is 16.6 Å². The third-order valence-corrected chi connectivity index (χ3v) is 2.41. The van der Waals surface area contributed by atoms with E-state index in [1.54, 1.807) is 12.1 Å². The smallest absolute Gasteiger partial charge is 0.127 e. The van der Waals surface area contributed by atoms with Crippen molar-refractivity contribution < 1.29 is 4.39 Å². The third kappa shape index (κ3) is 3.45. The van der Waals surface area contributed by atoms with Gasteiger partial charge < -0.3 is 5.73 Å².